The van der Waals surface area contributed by atoms with Crippen LogP contribution in [0.2, 0.25) is 0 Å². The van der Waals surface area contributed by atoms with Gasteiger partial charge in [-0.25, -0.2) is 8.42 Å². The van der Waals surface area contributed by atoms with Gasteiger partial charge in [0.25, 0.3) is 0 Å². The van der Waals surface area contributed by atoms with Gasteiger partial charge < -0.3 is 10.1 Å². The SMILES string of the molecule is CNC1COCC1C(=O)CCS(=O)(=O)C(C)C. The van der Waals surface area contributed by atoms with Gasteiger partial charge in [0.15, 0.2) is 9.84 Å². The van der Waals surface area contributed by atoms with Crippen molar-refractivity contribution >= 4 is 15.6 Å². The van der Waals surface area contributed by atoms with Gasteiger partial charge in [0.2, 0.25) is 0 Å². The standard InChI is InChI=1S/C11H21NO4S/c1-8(2)17(14,15)5-4-11(13)9-6-16-7-10(9)12-3/h8-10,12H,4-7H2,1-3H3. The van der Waals surface area contributed by atoms with E-state index in [0.717, 1.165) is 0 Å². The van der Waals surface area contributed by atoms with Crippen LogP contribution in [-0.4, -0.2) is 51.5 Å². The second-order valence-electron chi connectivity index (χ2n) is 4.67. The molecule has 0 aliphatic carbocycles. The topological polar surface area (TPSA) is 72.5 Å². The molecule has 1 N–H and O–H groups in total. The highest BCUT2D eigenvalue weighted by atomic mass is 32.2. The summed E-state index contributed by atoms with van der Waals surface area (Å²) in [4.78, 5) is 11.9. The van der Waals surface area contributed by atoms with Crippen molar-refractivity contribution in [2.24, 2.45) is 5.92 Å². The molecule has 1 fully saturated rings. The number of ketones is 1. The van der Waals surface area contributed by atoms with E-state index < -0.39 is 15.1 Å². The molecule has 0 aromatic carbocycles. The smallest absolute Gasteiger partial charge is 0.153 e. The van der Waals surface area contributed by atoms with E-state index in [0.29, 0.717) is 13.2 Å². The average Bonchev–Trinajstić information content (AvgIpc) is 2.73. The molecule has 0 amide bonds. The molecule has 0 radical (unpaired) electrons. The maximum absolute atomic E-state index is 11.9. The minimum Gasteiger partial charge on any atom is -0.379 e. The first-order valence-corrected chi connectivity index (χ1v) is 7.59. The van der Waals surface area contributed by atoms with E-state index in [1.807, 2.05) is 0 Å². The summed E-state index contributed by atoms with van der Waals surface area (Å²) in [5.74, 6) is -0.287. The fraction of sp³-hybridized carbons (Fsp3) is 0.909. The molecule has 6 heteroatoms. The first-order chi connectivity index (χ1) is 7.88. The van der Waals surface area contributed by atoms with E-state index in [-0.39, 0.29) is 29.9 Å². The van der Waals surface area contributed by atoms with Gasteiger partial charge in [-0.05, 0) is 20.9 Å². The average molecular weight is 263 g/mol. The molecule has 1 heterocycles. The van der Waals surface area contributed by atoms with Crippen molar-refractivity contribution in [2.75, 3.05) is 26.0 Å². The summed E-state index contributed by atoms with van der Waals surface area (Å²) in [6, 6.07) is 0.0178. The summed E-state index contributed by atoms with van der Waals surface area (Å²) in [5.41, 5.74) is 0. The van der Waals surface area contributed by atoms with Crippen LogP contribution in [-0.2, 0) is 19.4 Å². The summed E-state index contributed by atoms with van der Waals surface area (Å²) < 4.78 is 28.4. The first-order valence-electron chi connectivity index (χ1n) is 5.87. The van der Waals surface area contributed by atoms with Crippen LogP contribution >= 0.6 is 0 Å². The lowest BCUT2D eigenvalue weighted by Crippen LogP contribution is -2.37. The highest BCUT2D eigenvalue weighted by molar-refractivity contribution is 7.91. The predicted molar refractivity (Wildman–Crippen MR) is 65.7 cm³/mol. The summed E-state index contributed by atoms with van der Waals surface area (Å²) >= 11 is 0. The lowest BCUT2D eigenvalue weighted by atomic mass is 9.97. The maximum Gasteiger partial charge on any atom is 0.153 e. The number of hydrogen-bond donors (Lipinski definition) is 1. The Morgan fingerprint density at radius 1 is 1.41 bits per heavy atom. The van der Waals surface area contributed by atoms with E-state index >= 15 is 0 Å². The van der Waals surface area contributed by atoms with Gasteiger partial charge in [0, 0.05) is 12.5 Å². The fourth-order valence-electron chi connectivity index (χ4n) is 1.82. The number of nitrogens with one attached hydrogen (secondary N) is 1. The predicted octanol–water partition coefficient (Wildman–Crippen LogP) is 0.00320. The molecule has 0 aromatic heterocycles. The maximum atomic E-state index is 11.9. The third kappa shape index (κ3) is 3.76. The van der Waals surface area contributed by atoms with Crippen LogP contribution in [0.3, 0.4) is 0 Å². The molecule has 0 spiro atoms. The second kappa shape index (κ2) is 5.93. The number of Topliss-reactive ketones (excluding diaryl/α,β-unsaturated/α-hetero) is 1. The van der Waals surface area contributed by atoms with Crippen molar-refractivity contribution in [3.63, 3.8) is 0 Å². The largest absolute Gasteiger partial charge is 0.379 e. The van der Waals surface area contributed by atoms with Crippen LogP contribution < -0.4 is 5.32 Å². The van der Waals surface area contributed by atoms with Gasteiger partial charge in [-0.3, -0.25) is 4.79 Å². The zero-order chi connectivity index (χ0) is 13.1. The molecule has 2 atom stereocenters. The lowest BCUT2D eigenvalue weighted by Gasteiger charge is -2.15. The van der Waals surface area contributed by atoms with Crippen molar-refractivity contribution in [3.05, 3.63) is 0 Å². The number of likely N-dealkylation sites (N-methyl/N-ethyl adjacent to an activating group) is 1. The van der Waals surface area contributed by atoms with Gasteiger partial charge in [0.05, 0.1) is 30.1 Å². The van der Waals surface area contributed by atoms with E-state index in [2.05, 4.69) is 5.32 Å². The number of ether oxygens (including phenoxy) is 1. The molecule has 5 nitrogen and oxygen atoms in total. The minimum atomic E-state index is -3.13. The van der Waals surface area contributed by atoms with Crippen molar-refractivity contribution in [2.45, 2.75) is 31.6 Å². The number of sulfone groups is 1. The first kappa shape index (κ1) is 14.6. The van der Waals surface area contributed by atoms with E-state index in [1.165, 1.54) is 0 Å². The molecule has 1 saturated heterocycles. The van der Waals surface area contributed by atoms with E-state index in [9.17, 15) is 13.2 Å². The zero-order valence-electron chi connectivity index (χ0n) is 10.6. The normalized spacial score (nSPS) is 25.4. The molecule has 1 aliphatic heterocycles. The lowest BCUT2D eigenvalue weighted by molar-refractivity contribution is -0.122. The van der Waals surface area contributed by atoms with Gasteiger partial charge in [0.1, 0.15) is 5.78 Å². The summed E-state index contributed by atoms with van der Waals surface area (Å²) in [7, 11) is -1.35. The summed E-state index contributed by atoms with van der Waals surface area (Å²) in [5, 5.41) is 2.60. The summed E-state index contributed by atoms with van der Waals surface area (Å²) in [6.45, 7) is 4.18. The Morgan fingerprint density at radius 2 is 2.06 bits per heavy atom. The molecule has 0 aromatic rings. The van der Waals surface area contributed by atoms with Crippen LogP contribution in [0, 0.1) is 5.92 Å². The van der Waals surface area contributed by atoms with Crippen molar-refractivity contribution in [1.82, 2.24) is 5.32 Å². The van der Waals surface area contributed by atoms with Crippen molar-refractivity contribution in [3.8, 4) is 0 Å². The van der Waals surface area contributed by atoms with Gasteiger partial charge in [-0.2, -0.15) is 0 Å². The Kier molecular flexibility index (Phi) is 5.09. The molecule has 2 unspecified atom stereocenters. The molecule has 1 rings (SSSR count). The second-order valence-corrected chi connectivity index (χ2v) is 7.35. The van der Waals surface area contributed by atoms with Crippen LogP contribution in [0.1, 0.15) is 20.3 Å². The quantitative estimate of drug-likeness (QED) is 0.730. The Balaban J connectivity index is 2.50. The number of carbonyl (C=O) groups is 1. The fourth-order valence-corrected chi connectivity index (χ4v) is 2.78. The molecular formula is C11H21NO4S. The van der Waals surface area contributed by atoms with Crippen LogP contribution in [0.4, 0.5) is 0 Å². The molecular weight excluding hydrogens is 242 g/mol. The van der Waals surface area contributed by atoms with E-state index in [4.69, 9.17) is 4.74 Å². The van der Waals surface area contributed by atoms with E-state index in [1.54, 1.807) is 20.9 Å². The Bertz CT molecular complexity index is 364. The monoisotopic (exact) mass is 263 g/mol. The number of rotatable bonds is 6. The minimum absolute atomic E-state index is 0.0178. The third-order valence-electron chi connectivity index (χ3n) is 3.22. The Hall–Kier alpha value is -0.460. The van der Waals surface area contributed by atoms with Crippen LogP contribution in [0.15, 0.2) is 0 Å². The Labute approximate surface area is 103 Å². The van der Waals surface area contributed by atoms with Crippen LogP contribution in [0.25, 0.3) is 0 Å². The highest BCUT2D eigenvalue weighted by Gasteiger charge is 2.33. The molecule has 100 valence electrons. The van der Waals surface area contributed by atoms with Gasteiger partial charge in [-0.1, -0.05) is 0 Å². The molecule has 0 bridgehead atoms. The number of carbonyl (C=O) groups excluding carboxylic acids is 1. The van der Waals surface area contributed by atoms with Gasteiger partial charge in [-0.15, -0.1) is 0 Å². The molecule has 17 heavy (non-hydrogen) atoms. The van der Waals surface area contributed by atoms with Gasteiger partial charge >= 0.3 is 0 Å². The third-order valence-corrected chi connectivity index (χ3v) is 5.43. The number of hydrogen-bond acceptors (Lipinski definition) is 5. The zero-order valence-corrected chi connectivity index (χ0v) is 11.4. The van der Waals surface area contributed by atoms with Crippen molar-refractivity contribution < 1.29 is 17.9 Å². The Morgan fingerprint density at radius 3 is 2.59 bits per heavy atom. The highest BCUT2D eigenvalue weighted by Crippen LogP contribution is 2.17. The molecule has 0 saturated carbocycles. The molecule has 1 aliphatic rings. The summed E-state index contributed by atoms with van der Waals surface area (Å²) in [6.07, 6.45) is 0.0900. The van der Waals surface area contributed by atoms with Crippen molar-refractivity contribution in [1.29, 1.82) is 0 Å². The van der Waals surface area contributed by atoms with Crippen LogP contribution in [0.5, 0.6) is 0 Å².